The van der Waals surface area contributed by atoms with Crippen molar-refractivity contribution in [1.29, 1.82) is 0 Å². The molecule has 1 heterocycles. The van der Waals surface area contributed by atoms with Gasteiger partial charge in [-0.15, -0.1) is 0 Å². The normalized spacial score (nSPS) is 18.3. The monoisotopic (exact) mass is 308 g/mol. The van der Waals surface area contributed by atoms with Crippen LogP contribution >= 0.6 is 0 Å². The number of benzene rings is 1. The summed E-state index contributed by atoms with van der Waals surface area (Å²) in [5, 5.41) is 0. The Bertz CT molecular complexity index is 653. The number of nitrogens with one attached hydrogen (secondary N) is 1. The molecule has 6 heteroatoms. The smallest absolute Gasteiger partial charge is 0.240 e. The molecule has 0 spiro atoms. The second-order valence-electron chi connectivity index (χ2n) is 5.07. The lowest BCUT2D eigenvalue weighted by Gasteiger charge is -2.12. The average Bonchev–Trinajstić information content (AvgIpc) is 2.97. The molecular formula is C15H20N2O3S. The van der Waals surface area contributed by atoms with Gasteiger partial charge in [-0.3, -0.25) is 0 Å². The van der Waals surface area contributed by atoms with Crippen LogP contribution in [0.2, 0.25) is 0 Å². The fourth-order valence-corrected chi connectivity index (χ4v) is 3.55. The van der Waals surface area contributed by atoms with E-state index in [0.717, 1.165) is 6.42 Å². The molecule has 2 rings (SSSR count). The largest absolute Gasteiger partial charge is 0.381 e. The van der Waals surface area contributed by atoms with Crippen molar-refractivity contribution in [3.05, 3.63) is 29.3 Å². The molecule has 0 radical (unpaired) electrons. The topological polar surface area (TPSA) is 81.4 Å². The first-order chi connectivity index (χ1) is 10.0. The van der Waals surface area contributed by atoms with Crippen LogP contribution in [0.15, 0.2) is 23.1 Å². The highest BCUT2D eigenvalue weighted by molar-refractivity contribution is 7.89. The van der Waals surface area contributed by atoms with Gasteiger partial charge in [-0.1, -0.05) is 17.9 Å². The van der Waals surface area contributed by atoms with Crippen LogP contribution in [-0.2, 0) is 14.8 Å². The highest BCUT2D eigenvalue weighted by Gasteiger charge is 2.21. The first-order valence-corrected chi connectivity index (χ1v) is 8.38. The summed E-state index contributed by atoms with van der Waals surface area (Å²) in [6.45, 7) is 3.74. The van der Waals surface area contributed by atoms with Crippen molar-refractivity contribution in [2.75, 3.05) is 26.3 Å². The minimum Gasteiger partial charge on any atom is -0.381 e. The molecule has 0 saturated carbocycles. The Labute approximate surface area is 125 Å². The second kappa shape index (κ2) is 7.05. The van der Waals surface area contributed by atoms with Gasteiger partial charge in [0.2, 0.25) is 10.0 Å². The zero-order valence-electron chi connectivity index (χ0n) is 12.1. The lowest BCUT2D eigenvalue weighted by Crippen LogP contribution is -2.30. The first kappa shape index (κ1) is 16.0. The molecule has 0 amide bonds. The van der Waals surface area contributed by atoms with Gasteiger partial charge in [0.15, 0.2) is 0 Å². The van der Waals surface area contributed by atoms with Gasteiger partial charge in [-0.05, 0) is 37.0 Å². The molecule has 1 atom stereocenters. The van der Waals surface area contributed by atoms with Crippen molar-refractivity contribution in [3.8, 4) is 11.8 Å². The minimum atomic E-state index is -3.53. The predicted molar refractivity (Wildman–Crippen MR) is 81.2 cm³/mol. The summed E-state index contributed by atoms with van der Waals surface area (Å²) in [7, 11) is -3.53. The summed E-state index contributed by atoms with van der Waals surface area (Å²) >= 11 is 0. The Kier molecular flexibility index (Phi) is 5.37. The van der Waals surface area contributed by atoms with Crippen molar-refractivity contribution in [2.45, 2.75) is 18.2 Å². The van der Waals surface area contributed by atoms with Crippen LogP contribution < -0.4 is 10.5 Å². The Hall–Kier alpha value is -1.39. The zero-order valence-corrected chi connectivity index (χ0v) is 12.9. The third-order valence-electron chi connectivity index (χ3n) is 3.40. The van der Waals surface area contributed by atoms with Gasteiger partial charge in [0.25, 0.3) is 0 Å². The van der Waals surface area contributed by atoms with E-state index in [9.17, 15) is 8.42 Å². The lowest BCUT2D eigenvalue weighted by molar-refractivity contribution is 0.186. The van der Waals surface area contributed by atoms with E-state index in [0.29, 0.717) is 30.9 Å². The summed E-state index contributed by atoms with van der Waals surface area (Å²) in [5.74, 6) is 5.83. The van der Waals surface area contributed by atoms with Gasteiger partial charge in [0.1, 0.15) is 0 Å². The van der Waals surface area contributed by atoms with Crippen molar-refractivity contribution < 1.29 is 13.2 Å². The van der Waals surface area contributed by atoms with E-state index >= 15 is 0 Å². The average molecular weight is 308 g/mol. The third kappa shape index (κ3) is 4.29. The fraction of sp³-hybridized carbons (Fsp3) is 0.467. The molecule has 1 unspecified atom stereocenters. The molecule has 3 N–H and O–H groups in total. The number of nitrogens with two attached hydrogens (primary N) is 1. The summed E-state index contributed by atoms with van der Waals surface area (Å²) in [4.78, 5) is 0.269. The third-order valence-corrected chi connectivity index (χ3v) is 4.96. The number of sulfonamides is 1. The van der Waals surface area contributed by atoms with E-state index in [4.69, 9.17) is 10.5 Å². The summed E-state index contributed by atoms with van der Waals surface area (Å²) < 4.78 is 32.7. The van der Waals surface area contributed by atoms with E-state index < -0.39 is 10.0 Å². The molecule has 1 aliphatic rings. The van der Waals surface area contributed by atoms with Crippen molar-refractivity contribution in [2.24, 2.45) is 11.7 Å². The molecule has 0 aliphatic carbocycles. The van der Waals surface area contributed by atoms with Crippen LogP contribution in [0, 0.1) is 24.7 Å². The highest BCUT2D eigenvalue weighted by Crippen LogP contribution is 2.18. The molecule has 1 aromatic carbocycles. The first-order valence-electron chi connectivity index (χ1n) is 6.90. The maximum absolute atomic E-state index is 12.4. The fourth-order valence-electron chi connectivity index (χ4n) is 2.17. The number of aryl methyl sites for hydroxylation is 1. The molecule has 1 aromatic rings. The maximum Gasteiger partial charge on any atom is 0.240 e. The number of hydrogen-bond acceptors (Lipinski definition) is 4. The molecule has 0 aromatic heterocycles. The standard InChI is InChI=1S/C15H20N2O3S/c1-12-4-5-13(3-2-7-16)9-15(12)21(18,19)17-10-14-6-8-20-11-14/h4-5,9,14,17H,6-8,10-11,16H2,1H3. The van der Waals surface area contributed by atoms with Crippen LogP contribution in [0.4, 0.5) is 0 Å². The Morgan fingerprint density at radius 2 is 2.29 bits per heavy atom. The minimum absolute atomic E-state index is 0.246. The van der Waals surface area contributed by atoms with Gasteiger partial charge < -0.3 is 10.5 Å². The number of hydrogen-bond donors (Lipinski definition) is 2. The molecule has 1 saturated heterocycles. The molecule has 114 valence electrons. The van der Waals surface area contributed by atoms with Crippen LogP contribution in [0.1, 0.15) is 17.5 Å². The molecule has 21 heavy (non-hydrogen) atoms. The van der Waals surface area contributed by atoms with E-state index in [1.165, 1.54) is 0 Å². The van der Waals surface area contributed by atoms with Crippen LogP contribution in [0.3, 0.4) is 0 Å². The van der Waals surface area contributed by atoms with E-state index in [1.54, 1.807) is 25.1 Å². The lowest BCUT2D eigenvalue weighted by atomic mass is 10.1. The quantitative estimate of drug-likeness (QED) is 0.799. The summed E-state index contributed by atoms with van der Waals surface area (Å²) in [6, 6.07) is 5.14. The van der Waals surface area contributed by atoms with Crippen LogP contribution in [0.5, 0.6) is 0 Å². The predicted octanol–water partition coefficient (Wildman–Crippen LogP) is 0.620. The van der Waals surface area contributed by atoms with Gasteiger partial charge in [-0.25, -0.2) is 13.1 Å². The van der Waals surface area contributed by atoms with Crippen LogP contribution in [0.25, 0.3) is 0 Å². The van der Waals surface area contributed by atoms with Gasteiger partial charge >= 0.3 is 0 Å². The Balaban J connectivity index is 2.17. The van der Waals surface area contributed by atoms with Gasteiger partial charge in [0.05, 0.1) is 18.0 Å². The molecule has 1 fully saturated rings. The van der Waals surface area contributed by atoms with E-state index in [2.05, 4.69) is 16.6 Å². The van der Waals surface area contributed by atoms with E-state index in [-0.39, 0.29) is 17.4 Å². The van der Waals surface area contributed by atoms with Gasteiger partial charge in [-0.2, -0.15) is 0 Å². The molecular weight excluding hydrogens is 288 g/mol. The second-order valence-corrected chi connectivity index (χ2v) is 6.80. The summed E-state index contributed by atoms with van der Waals surface area (Å²) in [5.41, 5.74) is 6.68. The maximum atomic E-state index is 12.4. The highest BCUT2D eigenvalue weighted by atomic mass is 32.2. The summed E-state index contributed by atoms with van der Waals surface area (Å²) in [6.07, 6.45) is 0.892. The van der Waals surface area contributed by atoms with Crippen molar-refractivity contribution in [1.82, 2.24) is 4.72 Å². The van der Waals surface area contributed by atoms with Crippen LogP contribution in [-0.4, -0.2) is 34.7 Å². The zero-order chi connectivity index (χ0) is 15.3. The molecule has 0 bridgehead atoms. The van der Waals surface area contributed by atoms with Gasteiger partial charge in [0, 0.05) is 18.7 Å². The SMILES string of the molecule is Cc1ccc(C#CCN)cc1S(=O)(=O)NCC1CCOC1. The van der Waals surface area contributed by atoms with E-state index in [1.807, 2.05) is 0 Å². The Morgan fingerprint density at radius 1 is 1.48 bits per heavy atom. The van der Waals surface area contributed by atoms with Crippen molar-refractivity contribution in [3.63, 3.8) is 0 Å². The van der Waals surface area contributed by atoms with Crippen molar-refractivity contribution >= 4 is 10.0 Å². The Morgan fingerprint density at radius 3 is 2.95 bits per heavy atom. The number of ether oxygens (including phenoxy) is 1. The number of rotatable bonds is 4. The molecule has 1 aliphatic heterocycles. The molecule has 5 nitrogen and oxygen atoms in total.